The maximum atomic E-state index is 12.9. The van der Waals surface area contributed by atoms with Gasteiger partial charge in [0, 0.05) is 31.3 Å². The van der Waals surface area contributed by atoms with Gasteiger partial charge in [-0.05, 0) is 67.3 Å². The van der Waals surface area contributed by atoms with Gasteiger partial charge in [-0.25, -0.2) is 0 Å². The van der Waals surface area contributed by atoms with E-state index in [0.717, 1.165) is 36.9 Å². The van der Waals surface area contributed by atoms with Crippen LogP contribution in [-0.4, -0.2) is 53.1 Å². The number of rotatable bonds is 7. The quantitative estimate of drug-likeness (QED) is 0.554. The maximum absolute atomic E-state index is 12.9. The van der Waals surface area contributed by atoms with E-state index < -0.39 is 0 Å². The van der Waals surface area contributed by atoms with Gasteiger partial charge in [-0.2, -0.15) is 4.98 Å². The number of carbonyl (C=O) groups is 1. The van der Waals surface area contributed by atoms with Crippen LogP contribution < -0.4 is 4.74 Å². The number of methoxy groups -OCH3 is 1. The summed E-state index contributed by atoms with van der Waals surface area (Å²) in [4.78, 5) is 21.4. The number of hydrogen-bond donors (Lipinski definition) is 0. The van der Waals surface area contributed by atoms with Crippen LogP contribution in [0.25, 0.3) is 11.4 Å². The van der Waals surface area contributed by atoms with Crippen molar-refractivity contribution in [1.29, 1.82) is 0 Å². The van der Waals surface area contributed by atoms with Gasteiger partial charge in [0.1, 0.15) is 5.75 Å². The summed E-state index contributed by atoms with van der Waals surface area (Å²) < 4.78 is 10.5. The first-order valence-electron chi connectivity index (χ1n) is 11.1. The standard InChI is InChI=1S/C25H30N4O3/c1-18-5-4-14-29(15-18)16-19-6-8-21(9-7-19)25(30)28(2)17-23-26-24(27-32-23)20-10-12-22(31-3)13-11-20/h6-13,18H,4-5,14-17H2,1-3H3/t18-/m0/s1. The molecule has 7 heteroatoms. The van der Waals surface area contributed by atoms with Gasteiger partial charge in [-0.1, -0.05) is 24.2 Å². The minimum absolute atomic E-state index is 0.0765. The van der Waals surface area contributed by atoms with Crippen LogP contribution in [0.15, 0.2) is 53.1 Å². The maximum Gasteiger partial charge on any atom is 0.254 e. The molecule has 32 heavy (non-hydrogen) atoms. The summed E-state index contributed by atoms with van der Waals surface area (Å²) >= 11 is 0. The zero-order valence-electron chi connectivity index (χ0n) is 19.0. The Morgan fingerprint density at radius 2 is 1.94 bits per heavy atom. The highest BCUT2D eigenvalue weighted by Crippen LogP contribution is 2.21. The van der Waals surface area contributed by atoms with Crippen molar-refractivity contribution in [2.24, 2.45) is 5.92 Å². The number of piperidine rings is 1. The number of benzene rings is 2. The molecule has 4 rings (SSSR count). The normalized spacial score (nSPS) is 16.7. The van der Waals surface area contributed by atoms with Crippen LogP contribution in [0.4, 0.5) is 0 Å². The average Bonchev–Trinajstić information content (AvgIpc) is 3.27. The second kappa shape index (κ2) is 9.96. The molecule has 0 radical (unpaired) electrons. The van der Waals surface area contributed by atoms with Gasteiger partial charge in [0.05, 0.1) is 13.7 Å². The fraction of sp³-hybridized carbons (Fsp3) is 0.400. The van der Waals surface area contributed by atoms with Crippen LogP contribution >= 0.6 is 0 Å². The van der Waals surface area contributed by atoms with Crippen molar-refractivity contribution < 1.29 is 14.1 Å². The van der Waals surface area contributed by atoms with Gasteiger partial charge in [0.2, 0.25) is 11.7 Å². The summed E-state index contributed by atoms with van der Waals surface area (Å²) in [7, 11) is 3.36. The summed E-state index contributed by atoms with van der Waals surface area (Å²) in [5, 5.41) is 4.03. The second-order valence-electron chi connectivity index (χ2n) is 8.58. The van der Waals surface area contributed by atoms with Crippen LogP contribution in [0.5, 0.6) is 5.75 Å². The first-order chi connectivity index (χ1) is 15.5. The van der Waals surface area contributed by atoms with E-state index >= 15 is 0 Å². The number of carbonyl (C=O) groups excluding carboxylic acids is 1. The highest BCUT2D eigenvalue weighted by atomic mass is 16.5. The second-order valence-corrected chi connectivity index (χ2v) is 8.58. The predicted molar refractivity (Wildman–Crippen MR) is 122 cm³/mol. The molecule has 7 nitrogen and oxygen atoms in total. The fourth-order valence-electron chi connectivity index (χ4n) is 4.11. The lowest BCUT2D eigenvalue weighted by atomic mass is 9.99. The van der Waals surface area contributed by atoms with Gasteiger partial charge in [0.15, 0.2) is 0 Å². The van der Waals surface area contributed by atoms with Gasteiger partial charge >= 0.3 is 0 Å². The monoisotopic (exact) mass is 434 g/mol. The lowest BCUT2D eigenvalue weighted by Gasteiger charge is -2.30. The summed E-state index contributed by atoms with van der Waals surface area (Å²) in [5.74, 6) is 2.32. The molecule has 1 saturated heterocycles. The Balaban J connectivity index is 1.34. The van der Waals surface area contributed by atoms with Crippen LogP contribution in [0.1, 0.15) is 41.6 Å². The number of likely N-dealkylation sites (tertiary alicyclic amines) is 1. The lowest BCUT2D eigenvalue weighted by molar-refractivity contribution is 0.0769. The molecule has 1 aliphatic rings. The molecular formula is C25H30N4O3. The third-order valence-corrected chi connectivity index (χ3v) is 5.88. The third kappa shape index (κ3) is 5.34. The smallest absolute Gasteiger partial charge is 0.254 e. The molecule has 168 valence electrons. The van der Waals surface area contributed by atoms with Crippen molar-refractivity contribution in [3.63, 3.8) is 0 Å². The van der Waals surface area contributed by atoms with Crippen molar-refractivity contribution in [2.75, 3.05) is 27.2 Å². The third-order valence-electron chi connectivity index (χ3n) is 5.88. The first kappa shape index (κ1) is 22.0. The van der Waals surface area contributed by atoms with Gasteiger partial charge in [-0.3, -0.25) is 9.69 Å². The lowest BCUT2D eigenvalue weighted by Crippen LogP contribution is -2.33. The minimum atomic E-state index is -0.0765. The number of hydrogen-bond acceptors (Lipinski definition) is 6. The van der Waals surface area contributed by atoms with Crippen LogP contribution in [-0.2, 0) is 13.1 Å². The van der Waals surface area contributed by atoms with E-state index in [1.165, 1.54) is 18.4 Å². The Hall–Kier alpha value is -3.19. The van der Waals surface area contributed by atoms with E-state index in [-0.39, 0.29) is 12.5 Å². The molecule has 0 unspecified atom stereocenters. The van der Waals surface area contributed by atoms with E-state index in [1.54, 1.807) is 19.1 Å². The highest BCUT2D eigenvalue weighted by Gasteiger charge is 2.18. The summed E-state index contributed by atoms with van der Waals surface area (Å²) in [6.45, 7) is 5.79. The zero-order valence-corrected chi connectivity index (χ0v) is 19.0. The molecule has 0 saturated carbocycles. The molecule has 2 heterocycles. The van der Waals surface area contributed by atoms with E-state index in [1.807, 2.05) is 36.4 Å². The van der Waals surface area contributed by atoms with E-state index in [4.69, 9.17) is 9.26 Å². The Kier molecular flexibility index (Phi) is 6.85. The fourth-order valence-corrected chi connectivity index (χ4v) is 4.11. The van der Waals surface area contributed by atoms with Crippen molar-refractivity contribution in [1.82, 2.24) is 19.9 Å². The number of amides is 1. The summed E-state index contributed by atoms with van der Waals surface area (Å²) in [6.07, 6.45) is 2.58. The van der Waals surface area contributed by atoms with E-state index in [0.29, 0.717) is 17.3 Å². The summed E-state index contributed by atoms with van der Waals surface area (Å²) in [5.41, 5.74) is 2.71. The minimum Gasteiger partial charge on any atom is -0.497 e. The molecular weight excluding hydrogens is 404 g/mol. The van der Waals surface area contributed by atoms with Crippen LogP contribution in [0, 0.1) is 5.92 Å². The molecule has 1 fully saturated rings. The van der Waals surface area contributed by atoms with Crippen molar-refractivity contribution in [3.8, 4) is 17.1 Å². The molecule has 1 atom stereocenters. The van der Waals surface area contributed by atoms with Gasteiger partial charge < -0.3 is 14.2 Å². The van der Waals surface area contributed by atoms with E-state index in [9.17, 15) is 4.79 Å². The first-order valence-corrected chi connectivity index (χ1v) is 11.1. The molecule has 0 N–H and O–H groups in total. The molecule has 0 aliphatic carbocycles. The molecule has 1 aromatic heterocycles. The Morgan fingerprint density at radius 3 is 2.62 bits per heavy atom. The van der Waals surface area contributed by atoms with Gasteiger partial charge in [0.25, 0.3) is 5.91 Å². The highest BCUT2D eigenvalue weighted by molar-refractivity contribution is 5.94. The van der Waals surface area contributed by atoms with Gasteiger partial charge in [-0.15, -0.1) is 0 Å². The molecule has 1 amide bonds. The molecule has 0 spiro atoms. The van der Waals surface area contributed by atoms with Crippen LogP contribution in [0.3, 0.4) is 0 Å². The summed E-state index contributed by atoms with van der Waals surface area (Å²) in [6, 6.07) is 15.3. The SMILES string of the molecule is COc1ccc(-c2noc(CN(C)C(=O)c3ccc(CN4CCC[C@H](C)C4)cc3)n2)cc1. The van der Waals surface area contributed by atoms with Crippen molar-refractivity contribution in [3.05, 3.63) is 65.5 Å². The average molecular weight is 435 g/mol. The Bertz CT molecular complexity index is 1030. The number of aromatic nitrogens is 2. The molecule has 2 aromatic carbocycles. The Morgan fingerprint density at radius 1 is 1.19 bits per heavy atom. The van der Waals surface area contributed by atoms with Crippen molar-refractivity contribution in [2.45, 2.75) is 32.9 Å². The molecule has 3 aromatic rings. The van der Waals surface area contributed by atoms with Crippen LogP contribution in [0.2, 0.25) is 0 Å². The Labute approximate surface area is 189 Å². The number of ether oxygens (including phenoxy) is 1. The molecule has 0 bridgehead atoms. The topological polar surface area (TPSA) is 71.7 Å². The molecule has 1 aliphatic heterocycles. The predicted octanol–water partition coefficient (Wildman–Crippen LogP) is 4.25. The largest absolute Gasteiger partial charge is 0.497 e. The van der Waals surface area contributed by atoms with E-state index in [2.05, 4.69) is 34.1 Å². The zero-order chi connectivity index (χ0) is 22.5. The van der Waals surface area contributed by atoms with Crippen molar-refractivity contribution >= 4 is 5.91 Å². The number of nitrogens with zero attached hydrogens (tertiary/aromatic N) is 4.